The lowest BCUT2D eigenvalue weighted by molar-refractivity contribution is -0.136. The second-order valence-corrected chi connectivity index (χ2v) is 6.91. The van der Waals surface area contributed by atoms with E-state index >= 15 is 0 Å². The van der Waals surface area contributed by atoms with Crippen molar-refractivity contribution in [1.82, 2.24) is 5.32 Å². The summed E-state index contributed by atoms with van der Waals surface area (Å²) in [5, 5.41) is 11.3. The van der Waals surface area contributed by atoms with E-state index in [9.17, 15) is 9.59 Å². The summed E-state index contributed by atoms with van der Waals surface area (Å²) in [6, 6.07) is 7.11. The highest BCUT2D eigenvalue weighted by Crippen LogP contribution is 2.27. The topological polar surface area (TPSA) is 66.4 Å². The zero-order valence-corrected chi connectivity index (χ0v) is 13.7. The Bertz CT molecular complexity index is 502. The molecule has 21 heavy (non-hydrogen) atoms. The summed E-state index contributed by atoms with van der Waals surface area (Å²) in [6.45, 7) is 8.56. The second-order valence-electron chi connectivity index (χ2n) is 5.53. The standard InChI is InChI=1S/C16H23NO3S/c1-10(2)11(3)9-17-15(18)13-7-5-6-8-14(13)21-12(4)16(19)20/h5-8,10-12H,9H2,1-4H3,(H,17,18)(H,19,20). The molecule has 0 aliphatic carbocycles. The van der Waals surface area contributed by atoms with E-state index in [0.29, 0.717) is 28.8 Å². The van der Waals surface area contributed by atoms with Crippen molar-refractivity contribution in [2.45, 2.75) is 37.8 Å². The van der Waals surface area contributed by atoms with Gasteiger partial charge in [-0.05, 0) is 30.9 Å². The minimum atomic E-state index is -0.886. The molecule has 0 saturated carbocycles. The van der Waals surface area contributed by atoms with Crippen LogP contribution in [-0.2, 0) is 4.79 Å². The number of benzene rings is 1. The van der Waals surface area contributed by atoms with Crippen LogP contribution in [0.5, 0.6) is 0 Å². The van der Waals surface area contributed by atoms with Crippen LogP contribution in [-0.4, -0.2) is 28.8 Å². The quantitative estimate of drug-likeness (QED) is 0.759. The van der Waals surface area contributed by atoms with E-state index in [1.54, 1.807) is 25.1 Å². The SMILES string of the molecule is CC(Sc1ccccc1C(=O)NCC(C)C(C)C)C(=O)O. The lowest BCUT2D eigenvalue weighted by atomic mass is 9.98. The number of hydrogen-bond donors (Lipinski definition) is 2. The van der Waals surface area contributed by atoms with Gasteiger partial charge in [-0.1, -0.05) is 32.9 Å². The van der Waals surface area contributed by atoms with Gasteiger partial charge in [-0.25, -0.2) is 0 Å². The molecule has 5 heteroatoms. The van der Waals surface area contributed by atoms with Crippen molar-refractivity contribution in [3.8, 4) is 0 Å². The molecule has 1 amide bonds. The average molecular weight is 309 g/mol. The number of carboxylic acids is 1. The molecular formula is C16H23NO3S. The maximum Gasteiger partial charge on any atom is 0.316 e. The lowest BCUT2D eigenvalue weighted by Crippen LogP contribution is -2.30. The van der Waals surface area contributed by atoms with E-state index in [1.165, 1.54) is 11.8 Å². The Kier molecular flexibility index (Phi) is 6.75. The molecule has 4 nitrogen and oxygen atoms in total. The minimum absolute atomic E-state index is 0.150. The smallest absolute Gasteiger partial charge is 0.316 e. The molecule has 0 spiro atoms. The summed E-state index contributed by atoms with van der Waals surface area (Å²) >= 11 is 1.19. The third-order valence-electron chi connectivity index (χ3n) is 3.51. The Morgan fingerprint density at radius 2 is 1.81 bits per heavy atom. The molecule has 1 aromatic rings. The summed E-state index contributed by atoms with van der Waals surface area (Å²) < 4.78 is 0. The molecule has 0 aliphatic rings. The number of thioether (sulfide) groups is 1. The summed E-state index contributed by atoms with van der Waals surface area (Å²) in [4.78, 5) is 23.9. The van der Waals surface area contributed by atoms with Gasteiger partial charge in [-0.3, -0.25) is 9.59 Å². The average Bonchev–Trinajstić information content (AvgIpc) is 2.44. The first-order valence-electron chi connectivity index (χ1n) is 7.09. The van der Waals surface area contributed by atoms with Gasteiger partial charge in [0, 0.05) is 11.4 Å². The van der Waals surface area contributed by atoms with E-state index in [-0.39, 0.29) is 5.91 Å². The van der Waals surface area contributed by atoms with Gasteiger partial charge in [0.1, 0.15) is 5.25 Å². The highest BCUT2D eigenvalue weighted by Gasteiger charge is 2.18. The van der Waals surface area contributed by atoms with Crippen molar-refractivity contribution in [3.63, 3.8) is 0 Å². The molecule has 2 atom stereocenters. The first kappa shape index (κ1) is 17.6. The zero-order chi connectivity index (χ0) is 16.0. The normalized spacial score (nSPS) is 13.8. The Morgan fingerprint density at radius 1 is 1.19 bits per heavy atom. The minimum Gasteiger partial charge on any atom is -0.480 e. The molecule has 0 radical (unpaired) electrons. The number of aliphatic carboxylic acids is 1. The molecule has 1 aromatic carbocycles. The number of carbonyl (C=O) groups excluding carboxylic acids is 1. The molecule has 0 fully saturated rings. The van der Waals surface area contributed by atoms with Crippen LogP contribution in [0.2, 0.25) is 0 Å². The largest absolute Gasteiger partial charge is 0.480 e. The summed E-state index contributed by atoms with van der Waals surface area (Å²) in [6.07, 6.45) is 0. The van der Waals surface area contributed by atoms with E-state index in [4.69, 9.17) is 5.11 Å². The molecule has 2 unspecified atom stereocenters. The molecule has 2 N–H and O–H groups in total. The molecule has 0 bridgehead atoms. The van der Waals surface area contributed by atoms with Gasteiger partial charge in [-0.2, -0.15) is 0 Å². The van der Waals surface area contributed by atoms with Gasteiger partial charge in [-0.15, -0.1) is 11.8 Å². The lowest BCUT2D eigenvalue weighted by Gasteiger charge is -2.17. The number of carboxylic acid groups (broad SMARTS) is 1. The number of rotatable bonds is 7. The van der Waals surface area contributed by atoms with Gasteiger partial charge in [0.2, 0.25) is 0 Å². The van der Waals surface area contributed by atoms with Crippen LogP contribution in [0.25, 0.3) is 0 Å². The highest BCUT2D eigenvalue weighted by molar-refractivity contribution is 8.00. The van der Waals surface area contributed by atoms with E-state index in [1.807, 2.05) is 6.07 Å². The van der Waals surface area contributed by atoms with Crippen LogP contribution in [0.4, 0.5) is 0 Å². The van der Waals surface area contributed by atoms with Crippen molar-refractivity contribution >= 4 is 23.6 Å². The summed E-state index contributed by atoms with van der Waals surface area (Å²) in [5.41, 5.74) is 0.534. The maximum absolute atomic E-state index is 12.3. The van der Waals surface area contributed by atoms with Crippen LogP contribution >= 0.6 is 11.8 Å². The fourth-order valence-electron chi connectivity index (χ4n) is 1.58. The van der Waals surface area contributed by atoms with Gasteiger partial charge < -0.3 is 10.4 Å². The van der Waals surface area contributed by atoms with E-state index < -0.39 is 11.2 Å². The van der Waals surface area contributed by atoms with Crippen molar-refractivity contribution in [1.29, 1.82) is 0 Å². The monoisotopic (exact) mass is 309 g/mol. The Morgan fingerprint density at radius 3 is 2.38 bits per heavy atom. The van der Waals surface area contributed by atoms with Gasteiger partial charge in [0.05, 0.1) is 5.56 Å². The van der Waals surface area contributed by atoms with Gasteiger partial charge in [0.25, 0.3) is 5.91 Å². The Labute approximate surface area is 130 Å². The molecule has 0 aromatic heterocycles. The maximum atomic E-state index is 12.3. The fourth-order valence-corrected chi connectivity index (χ4v) is 2.51. The van der Waals surface area contributed by atoms with Crippen molar-refractivity contribution in [2.24, 2.45) is 11.8 Å². The van der Waals surface area contributed by atoms with Crippen LogP contribution < -0.4 is 5.32 Å². The second kappa shape index (κ2) is 8.08. The Balaban J connectivity index is 2.78. The fraction of sp³-hybridized carbons (Fsp3) is 0.500. The molecule has 0 saturated heterocycles. The number of nitrogens with one attached hydrogen (secondary N) is 1. The highest BCUT2D eigenvalue weighted by atomic mass is 32.2. The van der Waals surface area contributed by atoms with Crippen LogP contribution in [0.15, 0.2) is 29.2 Å². The van der Waals surface area contributed by atoms with E-state index in [0.717, 1.165) is 0 Å². The van der Waals surface area contributed by atoms with Crippen molar-refractivity contribution < 1.29 is 14.7 Å². The molecule has 0 heterocycles. The third-order valence-corrected chi connectivity index (χ3v) is 4.67. The Hall–Kier alpha value is -1.49. The van der Waals surface area contributed by atoms with E-state index in [2.05, 4.69) is 26.1 Å². The van der Waals surface area contributed by atoms with Crippen LogP contribution in [0, 0.1) is 11.8 Å². The van der Waals surface area contributed by atoms with Crippen LogP contribution in [0.3, 0.4) is 0 Å². The predicted molar refractivity (Wildman–Crippen MR) is 85.7 cm³/mol. The third kappa shape index (κ3) is 5.42. The molecular weight excluding hydrogens is 286 g/mol. The summed E-state index contributed by atoms with van der Waals surface area (Å²) in [7, 11) is 0. The molecule has 0 aliphatic heterocycles. The van der Waals surface area contributed by atoms with Gasteiger partial charge >= 0.3 is 5.97 Å². The van der Waals surface area contributed by atoms with Crippen molar-refractivity contribution in [3.05, 3.63) is 29.8 Å². The predicted octanol–water partition coefficient (Wildman–Crippen LogP) is 3.27. The first-order valence-corrected chi connectivity index (χ1v) is 7.97. The number of amides is 1. The van der Waals surface area contributed by atoms with Crippen LogP contribution in [0.1, 0.15) is 38.1 Å². The first-order chi connectivity index (χ1) is 9.82. The summed E-state index contributed by atoms with van der Waals surface area (Å²) in [5.74, 6) is -0.138. The number of hydrogen-bond acceptors (Lipinski definition) is 3. The molecule has 116 valence electrons. The molecule has 1 rings (SSSR count). The number of carbonyl (C=O) groups is 2. The van der Waals surface area contributed by atoms with Gasteiger partial charge in [0.15, 0.2) is 0 Å². The van der Waals surface area contributed by atoms with Crippen molar-refractivity contribution in [2.75, 3.05) is 6.54 Å². The zero-order valence-electron chi connectivity index (χ0n) is 12.9.